The predicted octanol–water partition coefficient (Wildman–Crippen LogP) is 2.36. The number of methoxy groups -OCH3 is 1. The van der Waals surface area contributed by atoms with Gasteiger partial charge in [0.25, 0.3) is 5.91 Å². The molecule has 1 aromatic carbocycles. The van der Waals surface area contributed by atoms with Crippen LogP contribution in [-0.4, -0.2) is 32.9 Å². The third-order valence-corrected chi connectivity index (χ3v) is 3.60. The number of hydrogen-bond donors (Lipinski definition) is 2. The maximum absolute atomic E-state index is 12.2. The number of ether oxygens (including phenoxy) is 2. The summed E-state index contributed by atoms with van der Waals surface area (Å²) in [6.07, 6.45) is 4.64. The molecule has 134 valence electrons. The number of aromatic hydroxyl groups is 1. The van der Waals surface area contributed by atoms with Crippen molar-refractivity contribution in [3.8, 4) is 17.2 Å². The number of nitrogens with zero attached hydrogens (tertiary/aromatic N) is 3. The summed E-state index contributed by atoms with van der Waals surface area (Å²) in [6, 6.07) is 8.20. The van der Waals surface area contributed by atoms with Gasteiger partial charge in [0.2, 0.25) is 0 Å². The number of nitrogens with one attached hydrogen (secondary N) is 1. The summed E-state index contributed by atoms with van der Waals surface area (Å²) in [7, 11) is 3.29. The Hall–Kier alpha value is -3.55. The molecular formula is C18H18N4O4. The molecule has 0 atom stereocenters. The van der Waals surface area contributed by atoms with Crippen molar-refractivity contribution >= 4 is 11.6 Å². The van der Waals surface area contributed by atoms with Crippen molar-refractivity contribution in [2.24, 2.45) is 7.05 Å². The number of amides is 1. The van der Waals surface area contributed by atoms with Crippen LogP contribution in [0.2, 0.25) is 0 Å². The molecule has 0 aliphatic rings. The lowest BCUT2D eigenvalue weighted by atomic mass is 10.2. The second-order valence-corrected chi connectivity index (χ2v) is 5.51. The predicted molar refractivity (Wildman–Crippen MR) is 94.4 cm³/mol. The molecule has 0 aliphatic carbocycles. The number of carbonyl (C=O) groups is 1. The summed E-state index contributed by atoms with van der Waals surface area (Å²) >= 11 is 0. The first kappa shape index (κ1) is 17.3. The molecule has 0 fully saturated rings. The molecule has 2 N–H and O–H groups in total. The summed E-state index contributed by atoms with van der Waals surface area (Å²) in [4.78, 5) is 16.4. The zero-order valence-electron chi connectivity index (χ0n) is 14.3. The number of aryl methyl sites for hydroxylation is 1. The monoisotopic (exact) mass is 354 g/mol. The number of phenols is 1. The minimum absolute atomic E-state index is 0.0582. The van der Waals surface area contributed by atoms with Gasteiger partial charge in [0.05, 0.1) is 36.4 Å². The van der Waals surface area contributed by atoms with Crippen LogP contribution in [0.25, 0.3) is 0 Å². The molecule has 3 rings (SSSR count). The number of benzene rings is 1. The third-order valence-electron chi connectivity index (χ3n) is 3.60. The molecule has 0 saturated carbocycles. The lowest BCUT2D eigenvalue weighted by Gasteiger charge is -2.10. The average molecular weight is 354 g/mol. The lowest BCUT2D eigenvalue weighted by molar-refractivity contribution is 0.102. The molecule has 26 heavy (non-hydrogen) atoms. The number of hydrogen-bond acceptors (Lipinski definition) is 6. The maximum Gasteiger partial charge on any atom is 0.258 e. The molecule has 0 radical (unpaired) electrons. The van der Waals surface area contributed by atoms with E-state index in [1.807, 2.05) is 0 Å². The fourth-order valence-electron chi connectivity index (χ4n) is 2.21. The molecule has 2 aromatic heterocycles. The Morgan fingerprint density at radius 2 is 2.04 bits per heavy atom. The fraction of sp³-hybridized carbons (Fsp3) is 0.167. The number of aromatic nitrogens is 3. The van der Waals surface area contributed by atoms with E-state index in [1.54, 1.807) is 50.8 Å². The summed E-state index contributed by atoms with van der Waals surface area (Å²) in [5, 5.41) is 16.5. The van der Waals surface area contributed by atoms with Gasteiger partial charge in [-0.15, -0.1) is 0 Å². The Labute approximate surface area is 150 Å². The number of phenolic OH excluding ortho intramolecular Hbond substituents is 1. The van der Waals surface area contributed by atoms with Crippen LogP contribution in [0, 0.1) is 0 Å². The molecule has 1 amide bonds. The largest absolute Gasteiger partial charge is 0.506 e. The minimum atomic E-state index is -0.373. The normalized spacial score (nSPS) is 10.4. The first-order chi connectivity index (χ1) is 12.5. The van der Waals surface area contributed by atoms with E-state index in [2.05, 4.69) is 15.4 Å². The Kier molecular flexibility index (Phi) is 5.02. The Bertz CT molecular complexity index is 906. The molecule has 8 heteroatoms. The Morgan fingerprint density at radius 1 is 1.23 bits per heavy atom. The summed E-state index contributed by atoms with van der Waals surface area (Å²) < 4.78 is 12.3. The molecule has 2 heterocycles. The summed E-state index contributed by atoms with van der Waals surface area (Å²) in [5.74, 6) is 0.722. The molecule has 0 aliphatic heterocycles. The first-order valence-corrected chi connectivity index (χ1v) is 7.80. The van der Waals surface area contributed by atoms with Gasteiger partial charge in [-0.3, -0.25) is 14.5 Å². The molecule has 0 unspecified atom stereocenters. The van der Waals surface area contributed by atoms with Gasteiger partial charge in [-0.1, -0.05) is 0 Å². The van der Waals surface area contributed by atoms with E-state index >= 15 is 0 Å². The highest BCUT2D eigenvalue weighted by Crippen LogP contribution is 2.29. The van der Waals surface area contributed by atoms with Gasteiger partial charge in [0.15, 0.2) is 0 Å². The second kappa shape index (κ2) is 7.56. The first-order valence-electron chi connectivity index (χ1n) is 7.80. The van der Waals surface area contributed by atoms with Gasteiger partial charge in [-0.25, -0.2) is 0 Å². The van der Waals surface area contributed by atoms with Crippen molar-refractivity contribution in [2.45, 2.75) is 6.61 Å². The highest BCUT2D eigenvalue weighted by Gasteiger charge is 2.12. The van der Waals surface area contributed by atoms with Crippen LogP contribution in [-0.2, 0) is 13.7 Å². The van der Waals surface area contributed by atoms with Crippen molar-refractivity contribution in [1.82, 2.24) is 14.8 Å². The van der Waals surface area contributed by atoms with E-state index < -0.39 is 0 Å². The van der Waals surface area contributed by atoms with Crippen molar-refractivity contribution in [1.29, 1.82) is 0 Å². The molecule has 3 aromatic rings. The van der Waals surface area contributed by atoms with Gasteiger partial charge >= 0.3 is 0 Å². The number of pyridine rings is 1. The van der Waals surface area contributed by atoms with Gasteiger partial charge in [-0.05, 0) is 24.3 Å². The van der Waals surface area contributed by atoms with E-state index in [9.17, 15) is 9.90 Å². The molecule has 0 saturated heterocycles. The van der Waals surface area contributed by atoms with Crippen LogP contribution in [0.4, 0.5) is 5.69 Å². The van der Waals surface area contributed by atoms with E-state index in [1.165, 1.54) is 16.9 Å². The number of rotatable bonds is 6. The van der Waals surface area contributed by atoms with Crippen LogP contribution in [0.1, 0.15) is 16.1 Å². The maximum atomic E-state index is 12.2. The molecule has 0 spiro atoms. The zero-order valence-corrected chi connectivity index (χ0v) is 14.3. The smallest absolute Gasteiger partial charge is 0.258 e. The van der Waals surface area contributed by atoms with Gasteiger partial charge in [0.1, 0.15) is 23.9 Å². The van der Waals surface area contributed by atoms with E-state index in [0.717, 1.165) is 5.69 Å². The van der Waals surface area contributed by atoms with E-state index in [-0.39, 0.29) is 24.0 Å². The van der Waals surface area contributed by atoms with Crippen LogP contribution < -0.4 is 14.8 Å². The SMILES string of the molecule is COc1ccc(COc2ccc(O)c(NC(=O)c3cnn(C)c3)c2)nc1. The van der Waals surface area contributed by atoms with Gasteiger partial charge in [-0.2, -0.15) is 5.10 Å². The standard InChI is InChI=1S/C18H18N4O4/c1-22-10-12(8-20-22)18(24)21-16-7-14(5-6-17(16)23)26-11-13-3-4-15(25-2)9-19-13/h3-10,23H,11H2,1-2H3,(H,21,24). The zero-order chi connectivity index (χ0) is 18.5. The highest BCUT2D eigenvalue weighted by molar-refractivity contribution is 6.04. The van der Waals surface area contributed by atoms with Crippen molar-refractivity contribution in [3.63, 3.8) is 0 Å². The van der Waals surface area contributed by atoms with Gasteiger partial charge < -0.3 is 19.9 Å². The van der Waals surface area contributed by atoms with Gasteiger partial charge in [0, 0.05) is 19.3 Å². The Balaban J connectivity index is 1.67. The quantitative estimate of drug-likeness (QED) is 0.660. The van der Waals surface area contributed by atoms with E-state index in [4.69, 9.17) is 9.47 Å². The van der Waals surface area contributed by atoms with E-state index in [0.29, 0.717) is 17.1 Å². The Morgan fingerprint density at radius 3 is 2.69 bits per heavy atom. The van der Waals surface area contributed by atoms with Crippen LogP contribution in [0.3, 0.4) is 0 Å². The summed E-state index contributed by atoms with van der Waals surface area (Å²) in [6.45, 7) is 0.241. The van der Waals surface area contributed by atoms with Crippen LogP contribution >= 0.6 is 0 Å². The molecule has 0 bridgehead atoms. The highest BCUT2D eigenvalue weighted by atomic mass is 16.5. The number of anilines is 1. The average Bonchev–Trinajstić information content (AvgIpc) is 3.09. The molecular weight excluding hydrogens is 336 g/mol. The van der Waals surface area contributed by atoms with Crippen molar-refractivity contribution < 1.29 is 19.4 Å². The van der Waals surface area contributed by atoms with Crippen LogP contribution in [0.15, 0.2) is 48.9 Å². The summed E-state index contributed by atoms with van der Waals surface area (Å²) in [5.41, 5.74) is 1.36. The lowest BCUT2D eigenvalue weighted by Crippen LogP contribution is -2.11. The minimum Gasteiger partial charge on any atom is -0.506 e. The second-order valence-electron chi connectivity index (χ2n) is 5.51. The fourth-order valence-corrected chi connectivity index (χ4v) is 2.21. The van der Waals surface area contributed by atoms with Crippen molar-refractivity contribution in [2.75, 3.05) is 12.4 Å². The van der Waals surface area contributed by atoms with Crippen LogP contribution in [0.5, 0.6) is 17.2 Å². The number of carbonyl (C=O) groups excluding carboxylic acids is 1. The topological polar surface area (TPSA) is 98.5 Å². The molecule has 8 nitrogen and oxygen atoms in total. The third kappa shape index (κ3) is 4.10. The van der Waals surface area contributed by atoms with Crippen molar-refractivity contribution in [3.05, 3.63) is 60.2 Å².